The fraction of sp³-hybridized carbons (Fsp3) is 0.278. The van der Waals surface area contributed by atoms with E-state index in [1.165, 1.54) is 17.0 Å². The number of halogens is 1. The monoisotopic (exact) mass is 661 g/mol. The van der Waals surface area contributed by atoms with Crippen LogP contribution in [0.2, 0.25) is 5.02 Å². The van der Waals surface area contributed by atoms with Crippen LogP contribution in [-0.4, -0.2) is 50.4 Å². The number of sulfonamides is 1. The van der Waals surface area contributed by atoms with E-state index < -0.39 is 28.5 Å². The number of carbonyl (C=O) groups is 2. The summed E-state index contributed by atoms with van der Waals surface area (Å²) in [5, 5.41) is 3.52. The van der Waals surface area contributed by atoms with Crippen LogP contribution in [-0.2, 0) is 32.6 Å². The molecule has 0 saturated heterocycles. The highest BCUT2D eigenvalue weighted by Crippen LogP contribution is 2.27. The summed E-state index contributed by atoms with van der Waals surface area (Å²) in [6.45, 7) is 5.66. The molecule has 0 spiro atoms. The van der Waals surface area contributed by atoms with Gasteiger partial charge in [0, 0.05) is 24.0 Å². The predicted octanol–water partition coefficient (Wildman–Crippen LogP) is 6.49. The van der Waals surface area contributed by atoms with Gasteiger partial charge >= 0.3 is 0 Å². The third kappa shape index (κ3) is 9.11. The second-order valence-corrected chi connectivity index (χ2v) is 13.2. The van der Waals surface area contributed by atoms with Gasteiger partial charge < -0.3 is 15.0 Å². The maximum Gasteiger partial charge on any atom is 0.264 e. The summed E-state index contributed by atoms with van der Waals surface area (Å²) >= 11 is 6.31. The van der Waals surface area contributed by atoms with E-state index in [-0.39, 0.29) is 35.5 Å². The Balaban J connectivity index is 1.80. The van der Waals surface area contributed by atoms with Crippen LogP contribution in [0, 0.1) is 0 Å². The molecule has 0 bridgehead atoms. The van der Waals surface area contributed by atoms with Gasteiger partial charge in [0.25, 0.3) is 10.0 Å². The molecule has 2 amide bonds. The van der Waals surface area contributed by atoms with Crippen molar-refractivity contribution < 1.29 is 22.7 Å². The summed E-state index contributed by atoms with van der Waals surface area (Å²) in [6, 6.07) is 29.9. The molecule has 2 atom stereocenters. The van der Waals surface area contributed by atoms with Gasteiger partial charge in [-0.2, -0.15) is 0 Å². The third-order valence-electron chi connectivity index (χ3n) is 7.56. The Labute approximate surface area is 277 Å². The summed E-state index contributed by atoms with van der Waals surface area (Å²) < 4.78 is 34.9. The van der Waals surface area contributed by atoms with E-state index in [2.05, 4.69) is 5.32 Å². The number of hydrogen-bond donors (Lipinski definition) is 1. The Morgan fingerprint density at radius 3 is 2.09 bits per heavy atom. The normalized spacial score (nSPS) is 12.5. The highest BCUT2D eigenvalue weighted by Gasteiger charge is 2.35. The van der Waals surface area contributed by atoms with E-state index >= 15 is 0 Å². The van der Waals surface area contributed by atoms with Crippen molar-refractivity contribution >= 4 is 39.1 Å². The Hall–Kier alpha value is -4.34. The molecule has 0 aliphatic carbocycles. The van der Waals surface area contributed by atoms with Crippen LogP contribution in [0.5, 0.6) is 5.75 Å². The minimum Gasteiger partial charge on any atom is -0.494 e. The summed E-state index contributed by atoms with van der Waals surface area (Å²) in [5.41, 5.74) is 1.84. The standard InChI is InChI=1S/C36H40ClN3O5S/c1-4-27(3)38-36(42)34(24-28-13-8-6-9-14-28)39(25-29-15-12-16-30(37)23-29)35(41)26-40(31-19-21-32(22-20-31)45-5-2)46(43,44)33-17-10-7-11-18-33/h6-23,27,34H,4-5,24-26H2,1-3H3,(H,38,42)/t27-,34-/m1/s1. The zero-order valence-corrected chi connectivity index (χ0v) is 27.9. The summed E-state index contributed by atoms with van der Waals surface area (Å²) in [5.74, 6) is -0.303. The lowest BCUT2D eigenvalue weighted by molar-refractivity contribution is -0.140. The van der Waals surface area contributed by atoms with Gasteiger partial charge in [-0.3, -0.25) is 13.9 Å². The fourth-order valence-electron chi connectivity index (χ4n) is 4.95. The SMILES string of the molecule is CCOc1ccc(N(CC(=O)N(Cc2cccc(Cl)c2)[C@H](Cc2ccccc2)C(=O)N[C@H](C)CC)S(=O)(=O)c2ccccc2)cc1. The smallest absolute Gasteiger partial charge is 0.264 e. The van der Waals surface area contributed by atoms with E-state index in [0.717, 1.165) is 9.87 Å². The first-order chi connectivity index (χ1) is 22.1. The first-order valence-corrected chi connectivity index (χ1v) is 17.1. The van der Waals surface area contributed by atoms with Crippen molar-refractivity contribution in [3.05, 3.63) is 125 Å². The highest BCUT2D eigenvalue weighted by molar-refractivity contribution is 7.92. The van der Waals surface area contributed by atoms with Crippen LogP contribution >= 0.6 is 11.6 Å². The van der Waals surface area contributed by atoms with Crippen LogP contribution in [0.25, 0.3) is 0 Å². The van der Waals surface area contributed by atoms with Crippen LogP contribution in [0.15, 0.2) is 114 Å². The van der Waals surface area contributed by atoms with Gasteiger partial charge in [0.05, 0.1) is 17.2 Å². The van der Waals surface area contributed by atoms with Crippen LogP contribution in [0.3, 0.4) is 0 Å². The molecular formula is C36H40ClN3O5S. The summed E-state index contributed by atoms with van der Waals surface area (Å²) in [4.78, 5) is 29.9. The molecule has 1 N–H and O–H groups in total. The second-order valence-electron chi connectivity index (χ2n) is 10.9. The molecule has 0 saturated carbocycles. The van der Waals surface area contributed by atoms with E-state index in [1.807, 2.05) is 57.2 Å². The molecule has 8 nitrogen and oxygen atoms in total. The zero-order chi connectivity index (χ0) is 33.1. The topological polar surface area (TPSA) is 96.0 Å². The van der Waals surface area contributed by atoms with Gasteiger partial charge in [0.1, 0.15) is 18.3 Å². The number of anilines is 1. The van der Waals surface area contributed by atoms with Crippen molar-refractivity contribution in [1.29, 1.82) is 0 Å². The molecule has 0 fully saturated rings. The van der Waals surface area contributed by atoms with Crippen molar-refractivity contribution in [2.45, 2.75) is 57.1 Å². The molecule has 0 radical (unpaired) electrons. The lowest BCUT2D eigenvalue weighted by Gasteiger charge is -2.34. The van der Waals surface area contributed by atoms with E-state index in [4.69, 9.17) is 16.3 Å². The fourth-order valence-corrected chi connectivity index (χ4v) is 6.60. The first kappa shape index (κ1) is 34.5. The van der Waals surface area contributed by atoms with Gasteiger partial charge in [-0.05, 0) is 79.9 Å². The van der Waals surface area contributed by atoms with Crippen LogP contribution in [0.1, 0.15) is 38.3 Å². The molecular weight excluding hydrogens is 622 g/mol. The average molecular weight is 662 g/mol. The van der Waals surface area contributed by atoms with Crippen molar-refractivity contribution in [3.8, 4) is 5.75 Å². The largest absolute Gasteiger partial charge is 0.494 e. The number of nitrogens with zero attached hydrogens (tertiary/aromatic N) is 2. The number of nitrogens with one attached hydrogen (secondary N) is 1. The molecule has 0 heterocycles. The Morgan fingerprint density at radius 2 is 1.48 bits per heavy atom. The maximum atomic E-state index is 14.5. The maximum absolute atomic E-state index is 14.5. The van der Waals surface area contributed by atoms with Crippen LogP contribution in [0.4, 0.5) is 5.69 Å². The third-order valence-corrected chi connectivity index (χ3v) is 9.58. The molecule has 0 aliphatic rings. The molecule has 4 aromatic rings. The number of amides is 2. The molecule has 46 heavy (non-hydrogen) atoms. The molecule has 242 valence electrons. The van der Waals surface area contributed by atoms with Crippen molar-refractivity contribution in [1.82, 2.24) is 10.2 Å². The van der Waals surface area contributed by atoms with E-state index in [9.17, 15) is 18.0 Å². The number of ether oxygens (including phenoxy) is 1. The minimum absolute atomic E-state index is 0.0350. The molecule has 0 aliphatic heterocycles. The van der Waals surface area contributed by atoms with Gasteiger partial charge in [0.2, 0.25) is 11.8 Å². The Bertz CT molecular complexity index is 1690. The number of benzene rings is 4. The van der Waals surface area contributed by atoms with Gasteiger partial charge in [-0.15, -0.1) is 0 Å². The highest BCUT2D eigenvalue weighted by atomic mass is 35.5. The van der Waals surface area contributed by atoms with Gasteiger partial charge in [0.15, 0.2) is 0 Å². The molecule has 10 heteroatoms. The van der Waals surface area contributed by atoms with Crippen molar-refractivity contribution in [2.24, 2.45) is 0 Å². The quantitative estimate of drug-likeness (QED) is 0.157. The second kappa shape index (κ2) is 16.3. The number of carbonyl (C=O) groups excluding carboxylic acids is 2. The molecule has 4 rings (SSSR count). The summed E-state index contributed by atoms with van der Waals surface area (Å²) in [7, 11) is -4.19. The molecule has 0 unspecified atom stereocenters. The summed E-state index contributed by atoms with van der Waals surface area (Å²) in [6.07, 6.45) is 0.927. The first-order valence-electron chi connectivity index (χ1n) is 15.3. The lowest BCUT2D eigenvalue weighted by atomic mass is 10.0. The minimum atomic E-state index is -4.19. The van der Waals surface area contributed by atoms with Crippen LogP contribution < -0.4 is 14.4 Å². The molecule has 0 aromatic heterocycles. The zero-order valence-electron chi connectivity index (χ0n) is 26.3. The van der Waals surface area contributed by atoms with E-state index in [0.29, 0.717) is 29.4 Å². The van der Waals surface area contributed by atoms with E-state index in [1.54, 1.807) is 60.7 Å². The lowest BCUT2D eigenvalue weighted by Crippen LogP contribution is -2.54. The Kier molecular flexibility index (Phi) is 12.2. The van der Waals surface area contributed by atoms with Gasteiger partial charge in [-0.1, -0.05) is 79.2 Å². The molecule has 4 aromatic carbocycles. The number of rotatable bonds is 15. The number of hydrogen-bond acceptors (Lipinski definition) is 5. The van der Waals surface area contributed by atoms with Crippen molar-refractivity contribution in [2.75, 3.05) is 17.5 Å². The van der Waals surface area contributed by atoms with Gasteiger partial charge in [-0.25, -0.2) is 8.42 Å². The van der Waals surface area contributed by atoms with Crippen molar-refractivity contribution in [3.63, 3.8) is 0 Å². The predicted molar refractivity (Wildman–Crippen MR) is 182 cm³/mol. The average Bonchev–Trinajstić information content (AvgIpc) is 3.06. The Morgan fingerprint density at radius 1 is 0.848 bits per heavy atom.